The number of ether oxygens (including phenoxy) is 1. The van der Waals surface area contributed by atoms with Crippen LogP contribution in [-0.4, -0.2) is 28.5 Å². The number of nitrogens with zero attached hydrogens (tertiary/aromatic N) is 2. The zero-order chi connectivity index (χ0) is 9.84. The Hall–Kier alpha value is -1.16. The van der Waals surface area contributed by atoms with Gasteiger partial charge in [-0.2, -0.15) is 0 Å². The van der Waals surface area contributed by atoms with Crippen LogP contribution in [0.1, 0.15) is 24.0 Å². The molecule has 0 aliphatic carbocycles. The highest BCUT2D eigenvalue weighted by Crippen LogP contribution is 2.05. The zero-order valence-corrected chi connectivity index (χ0v) is 8.15. The van der Waals surface area contributed by atoms with Gasteiger partial charge in [-0.3, -0.25) is 4.79 Å². The van der Waals surface area contributed by atoms with E-state index in [2.05, 4.69) is 4.98 Å². The normalized spacial score (nSPS) is 12.8. The summed E-state index contributed by atoms with van der Waals surface area (Å²) in [5.74, 6) is 0.395. The number of methoxy groups -OCH3 is 1. The molecule has 0 aliphatic heterocycles. The van der Waals surface area contributed by atoms with Crippen molar-refractivity contribution in [3.63, 3.8) is 0 Å². The molecule has 0 spiro atoms. The predicted molar refractivity (Wildman–Crippen MR) is 48.6 cm³/mol. The molecule has 0 bridgehead atoms. The van der Waals surface area contributed by atoms with Gasteiger partial charge in [-0.25, -0.2) is 4.98 Å². The molecule has 1 aromatic heterocycles. The second-order valence-corrected chi connectivity index (χ2v) is 2.86. The minimum atomic E-state index is -0.374. The van der Waals surface area contributed by atoms with Gasteiger partial charge >= 0.3 is 0 Å². The van der Waals surface area contributed by atoms with Crippen molar-refractivity contribution >= 4 is 5.78 Å². The molecule has 13 heavy (non-hydrogen) atoms. The van der Waals surface area contributed by atoms with Crippen molar-refractivity contribution < 1.29 is 9.53 Å². The lowest BCUT2D eigenvalue weighted by Gasteiger charge is -2.10. The number of carbonyl (C=O) groups excluding carboxylic acids is 1. The van der Waals surface area contributed by atoms with Crippen LogP contribution in [0.4, 0.5) is 0 Å². The highest BCUT2D eigenvalue weighted by Gasteiger charge is 2.20. The van der Waals surface area contributed by atoms with E-state index < -0.39 is 0 Å². The lowest BCUT2D eigenvalue weighted by atomic mass is 10.2. The molecule has 72 valence electrons. The number of ketones is 1. The maximum Gasteiger partial charge on any atom is 0.226 e. The van der Waals surface area contributed by atoms with Crippen molar-refractivity contribution in [2.24, 2.45) is 7.05 Å². The third-order valence-electron chi connectivity index (χ3n) is 1.99. The van der Waals surface area contributed by atoms with Crippen LogP contribution < -0.4 is 0 Å². The maximum atomic E-state index is 11.7. The summed E-state index contributed by atoms with van der Waals surface area (Å²) in [6.07, 6.45) is 3.65. The van der Waals surface area contributed by atoms with Gasteiger partial charge in [-0.1, -0.05) is 6.92 Å². The molecule has 1 atom stereocenters. The van der Waals surface area contributed by atoms with E-state index in [1.165, 1.54) is 7.11 Å². The molecule has 0 fully saturated rings. The predicted octanol–water partition coefficient (Wildman–Crippen LogP) is 1.03. The summed E-state index contributed by atoms with van der Waals surface area (Å²) in [6, 6.07) is 0. The van der Waals surface area contributed by atoms with E-state index in [1.54, 1.807) is 24.0 Å². The second kappa shape index (κ2) is 4.18. The van der Waals surface area contributed by atoms with E-state index in [1.807, 2.05) is 6.92 Å². The molecule has 0 radical (unpaired) electrons. The third kappa shape index (κ3) is 1.95. The molecule has 0 saturated carbocycles. The van der Waals surface area contributed by atoms with Crippen molar-refractivity contribution in [3.8, 4) is 0 Å². The van der Waals surface area contributed by atoms with Crippen molar-refractivity contribution in [2.75, 3.05) is 7.11 Å². The zero-order valence-electron chi connectivity index (χ0n) is 8.15. The topological polar surface area (TPSA) is 44.1 Å². The Morgan fingerprint density at radius 1 is 1.77 bits per heavy atom. The summed E-state index contributed by atoms with van der Waals surface area (Å²) < 4.78 is 6.74. The number of aromatic nitrogens is 2. The molecular formula is C9H14N2O2. The largest absolute Gasteiger partial charge is 0.373 e. The maximum absolute atomic E-state index is 11.7. The van der Waals surface area contributed by atoms with Gasteiger partial charge in [0.2, 0.25) is 5.78 Å². The van der Waals surface area contributed by atoms with Crippen molar-refractivity contribution in [2.45, 2.75) is 19.4 Å². The fourth-order valence-electron chi connectivity index (χ4n) is 1.21. The summed E-state index contributed by atoms with van der Waals surface area (Å²) in [7, 11) is 3.33. The molecule has 1 heterocycles. The molecule has 4 nitrogen and oxygen atoms in total. The van der Waals surface area contributed by atoms with Crippen molar-refractivity contribution in [1.29, 1.82) is 0 Å². The molecular weight excluding hydrogens is 168 g/mol. The van der Waals surface area contributed by atoms with Crippen molar-refractivity contribution in [3.05, 3.63) is 18.2 Å². The third-order valence-corrected chi connectivity index (χ3v) is 1.99. The van der Waals surface area contributed by atoms with E-state index in [0.29, 0.717) is 12.2 Å². The molecule has 1 rings (SSSR count). The molecule has 0 N–H and O–H groups in total. The van der Waals surface area contributed by atoms with Crippen LogP contribution in [0.25, 0.3) is 0 Å². The van der Waals surface area contributed by atoms with Gasteiger partial charge in [0, 0.05) is 26.6 Å². The first-order chi connectivity index (χ1) is 6.20. The summed E-state index contributed by atoms with van der Waals surface area (Å²) in [4.78, 5) is 15.6. The Kier molecular flexibility index (Phi) is 3.19. The average molecular weight is 182 g/mol. The van der Waals surface area contributed by atoms with Crippen LogP contribution in [0, 0.1) is 0 Å². The van der Waals surface area contributed by atoms with Gasteiger partial charge < -0.3 is 9.30 Å². The molecule has 0 saturated heterocycles. The molecule has 0 aromatic carbocycles. The Morgan fingerprint density at radius 3 is 2.85 bits per heavy atom. The Balaban J connectivity index is 2.84. The van der Waals surface area contributed by atoms with Crippen molar-refractivity contribution in [1.82, 2.24) is 9.55 Å². The molecule has 4 heteroatoms. The standard InChI is InChI=1S/C9H14N2O2/c1-4-7(13-3)8(12)9-10-5-6-11(9)2/h5-7H,4H2,1-3H3. The summed E-state index contributed by atoms with van der Waals surface area (Å²) >= 11 is 0. The quantitative estimate of drug-likeness (QED) is 0.653. The van der Waals surface area contributed by atoms with Crippen LogP contribution in [0.15, 0.2) is 12.4 Å². The minimum absolute atomic E-state index is 0.0579. The first-order valence-electron chi connectivity index (χ1n) is 4.25. The highest BCUT2D eigenvalue weighted by atomic mass is 16.5. The van der Waals surface area contributed by atoms with Gasteiger partial charge in [-0.05, 0) is 6.42 Å². The van der Waals surface area contributed by atoms with Gasteiger partial charge in [0.15, 0.2) is 5.82 Å². The number of aryl methyl sites for hydroxylation is 1. The van der Waals surface area contributed by atoms with E-state index >= 15 is 0 Å². The van der Waals surface area contributed by atoms with Gasteiger partial charge in [-0.15, -0.1) is 0 Å². The van der Waals surface area contributed by atoms with Gasteiger partial charge in [0.1, 0.15) is 6.10 Å². The number of hydrogen-bond acceptors (Lipinski definition) is 3. The highest BCUT2D eigenvalue weighted by molar-refractivity contribution is 5.96. The summed E-state index contributed by atoms with van der Waals surface area (Å²) in [6.45, 7) is 1.91. The van der Waals surface area contributed by atoms with Crippen LogP contribution in [0.2, 0.25) is 0 Å². The van der Waals surface area contributed by atoms with Gasteiger partial charge in [0.25, 0.3) is 0 Å². The van der Waals surface area contributed by atoms with Crippen LogP contribution >= 0.6 is 0 Å². The lowest BCUT2D eigenvalue weighted by molar-refractivity contribution is 0.0582. The summed E-state index contributed by atoms with van der Waals surface area (Å²) in [5, 5.41) is 0. The van der Waals surface area contributed by atoms with Gasteiger partial charge in [0.05, 0.1) is 0 Å². The SMILES string of the molecule is CCC(OC)C(=O)c1nccn1C. The smallest absolute Gasteiger partial charge is 0.226 e. The van der Waals surface area contributed by atoms with Crippen LogP contribution in [-0.2, 0) is 11.8 Å². The molecule has 0 amide bonds. The first kappa shape index (κ1) is 9.92. The Morgan fingerprint density at radius 2 is 2.46 bits per heavy atom. The molecule has 1 aromatic rings. The number of imidazole rings is 1. The second-order valence-electron chi connectivity index (χ2n) is 2.86. The molecule has 0 aliphatic rings. The van der Waals surface area contributed by atoms with E-state index in [4.69, 9.17) is 4.74 Å². The van der Waals surface area contributed by atoms with Crippen LogP contribution in [0.3, 0.4) is 0 Å². The first-order valence-corrected chi connectivity index (χ1v) is 4.25. The van der Waals surface area contributed by atoms with Crippen LogP contribution in [0.5, 0.6) is 0 Å². The average Bonchev–Trinajstić information content (AvgIpc) is 2.53. The minimum Gasteiger partial charge on any atom is -0.373 e. The number of Topliss-reactive ketones (excluding diaryl/α,β-unsaturated/α-hetero) is 1. The van der Waals surface area contributed by atoms with E-state index in [0.717, 1.165) is 0 Å². The van der Waals surface area contributed by atoms with E-state index in [-0.39, 0.29) is 11.9 Å². The fourth-order valence-corrected chi connectivity index (χ4v) is 1.21. The Bertz CT molecular complexity index is 290. The Labute approximate surface area is 77.5 Å². The van der Waals surface area contributed by atoms with E-state index in [9.17, 15) is 4.79 Å². The monoisotopic (exact) mass is 182 g/mol. The fraction of sp³-hybridized carbons (Fsp3) is 0.556. The summed E-state index contributed by atoms with van der Waals surface area (Å²) in [5.41, 5.74) is 0. The number of hydrogen-bond donors (Lipinski definition) is 0. The number of carbonyl (C=O) groups is 1. The number of rotatable bonds is 4. The molecule has 1 unspecified atom stereocenters. The lowest BCUT2D eigenvalue weighted by Crippen LogP contribution is -2.24.